The number of aryl methyl sites for hydroxylation is 3. The molecule has 32 heavy (non-hydrogen) atoms. The molecule has 0 aliphatic carbocycles. The molecule has 0 saturated heterocycles. The number of nitrogens with one attached hydrogen (secondary N) is 2. The number of anilines is 2. The van der Waals surface area contributed by atoms with Gasteiger partial charge in [-0.15, -0.1) is 10.2 Å². The fourth-order valence-corrected chi connectivity index (χ4v) is 4.26. The second-order valence-corrected chi connectivity index (χ2v) is 8.43. The highest BCUT2D eigenvalue weighted by molar-refractivity contribution is 7.99. The van der Waals surface area contributed by atoms with Gasteiger partial charge >= 0.3 is 0 Å². The van der Waals surface area contributed by atoms with Crippen LogP contribution in [0.3, 0.4) is 0 Å². The average molecular weight is 456 g/mol. The Bertz CT molecular complexity index is 1100. The molecular formula is C23H26FN5O2S. The van der Waals surface area contributed by atoms with Crippen LogP contribution in [0.4, 0.5) is 15.8 Å². The first-order valence-corrected chi connectivity index (χ1v) is 11.2. The molecule has 0 spiro atoms. The van der Waals surface area contributed by atoms with Gasteiger partial charge in [0.2, 0.25) is 11.8 Å². The highest BCUT2D eigenvalue weighted by Gasteiger charge is 2.17. The molecule has 1 heterocycles. The summed E-state index contributed by atoms with van der Waals surface area (Å²) < 4.78 is 14.8. The molecule has 0 bridgehead atoms. The molecule has 0 radical (unpaired) electrons. The van der Waals surface area contributed by atoms with Gasteiger partial charge in [-0.2, -0.15) is 0 Å². The molecule has 2 aromatic carbocycles. The zero-order chi connectivity index (χ0) is 23.3. The Balaban J connectivity index is 1.60. The second kappa shape index (κ2) is 10.4. The largest absolute Gasteiger partial charge is 0.326 e. The van der Waals surface area contributed by atoms with Crippen molar-refractivity contribution in [3.63, 3.8) is 0 Å². The Morgan fingerprint density at radius 1 is 1.00 bits per heavy atom. The quantitative estimate of drug-likeness (QED) is 0.495. The summed E-state index contributed by atoms with van der Waals surface area (Å²) in [5.41, 5.74) is 4.53. The third-order valence-corrected chi connectivity index (χ3v) is 5.80. The number of carbonyl (C=O) groups is 2. The predicted octanol–water partition coefficient (Wildman–Crippen LogP) is 4.27. The lowest BCUT2D eigenvalue weighted by atomic mass is 10.1. The molecule has 1 aromatic heterocycles. The van der Waals surface area contributed by atoms with Gasteiger partial charge in [0.25, 0.3) is 0 Å². The van der Waals surface area contributed by atoms with Crippen molar-refractivity contribution in [2.75, 3.05) is 16.4 Å². The van der Waals surface area contributed by atoms with Crippen molar-refractivity contribution < 1.29 is 14.0 Å². The van der Waals surface area contributed by atoms with Crippen molar-refractivity contribution >= 4 is 35.0 Å². The standard InChI is InChI=1S/C23H26FN5O2S/c1-5-29-19(12-20(30)25-18-8-6-17(24)7-9-18)27-28-23(29)32-13-21(31)26-22-15(3)10-14(2)11-16(22)4/h6-11H,5,12-13H2,1-4H3,(H,25,30)(H,26,31). The van der Waals surface area contributed by atoms with Gasteiger partial charge in [0.1, 0.15) is 11.6 Å². The zero-order valence-corrected chi connectivity index (χ0v) is 19.3. The number of amides is 2. The molecule has 0 aliphatic rings. The van der Waals surface area contributed by atoms with E-state index in [-0.39, 0.29) is 29.8 Å². The van der Waals surface area contributed by atoms with Gasteiger partial charge < -0.3 is 15.2 Å². The smallest absolute Gasteiger partial charge is 0.234 e. The summed E-state index contributed by atoms with van der Waals surface area (Å²) in [4.78, 5) is 24.9. The minimum absolute atomic E-state index is 0.0206. The molecular weight excluding hydrogens is 429 g/mol. The summed E-state index contributed by atoms with van der Waals surface area (Å²) in [6.07, 6.45) is 0.0206. The van der Waals surface area contributed by atoms with E-state index in [1.54, 1.807) is 0 Å². The number of hydrogen-bond acceptors (Lipinski definition) is 5. The normalized spacial score (nSPS) is 10.8. The summed E-state index contributed by atoms with van der Waals surface area (Å²) >= 11 is 1.27. The number of thioether (sulfide) groups is 1. The summed E-state index contributed by atoms with van der Waals surface area (Å²) in [6.45, 7) is 8.45. The summed E-state index contributed by atoms with van der Waals surface area (Å²) in [5.74, 6) is -0.107. The van der Waals surface area contributed by atoms with Gasteiger partial charge in [-0.1, -0.05) is 29.5 Å². The van der Waals surface area contributed by atoms with Crippen molar-refractivity contribution in [1.29, 1.82) is 0 Å². The van der Waals surface area contributed by atoms with E-state index in [9.17, 15) is 14.0 Å². The predicted molar refractivity (Wildman–Crippen MR) is 124 cm³/mol. The molecule has 0 atom stereocenters. The van der Waals surface area contributed by atoms with E-state index in [0.29, 0.717) is 23.2 Å². The van der Waals surface area contributed by atoms with Crippen LogP contribution < -0.4 is 10.6 Å². The van der Waals surface area contributed by atoms with Gasteiger partial charge in [-0.05, 0) is 63.1 Å². The Labute approximate surface area is 190 Å². The molecule has 3 rings (SSSR count). The number of rotatable bonds is 8. The van der Waals surface area contributed by atoms with Crippen LogP contribution in [0.2, 0.25) is 0 Å². The van der Waals surface area contributed by atoms with Crippen LogP contribution in [0.15, 0.2) is 41.6 Å². The average Bonchev–Trinajstić information content (AvgIpc) is 3.12. The van der Waals surface area contributed by atoms with Gasteiger partial charge in [-0.3, -0.25) is 9.59 Å². The highest BCUT2D eigenvalue weighted by Crippen LogP contribution is 2.23. The first-order chi connectivity index (χ1) is 15.3. The first kappa shape index (κ1) is 23.5. The monoisotopic (exact) mass is 455 g/mol. The number of benzene rings is 2. The lowest BCUT2D eigenvalue weighted by molar-refractivity contribution is -0.116. The van der Waals surface area contributed by atoms with Crippen LogP contribution in [0.1, 0.15) is 29.4 Å². The lowest BCUT2D eigenvalue weighted by Crippen LogP contribution is -2.18. The van der Waals surface area contributed by atoms with Crippen molar-refractivity contribution in [1.82, 2.24) is 14.8 Å². The van der Waals surface area contributed by atoms with Crippen LogP contribution in [0.5, 0.6) is 0 Å². The molecule has 0 unspecified atom stereocenters. The minimum atomic E-state index is -0.368. The fourth-order valence-electron chi connectivity index (χ4n) is 3.44. The van der Waals surface area contributed by atoms with E-state index in [1.807, 2.05) is 44.4 Å². The summed E-state index contributed by atoms with van der Waals surface area (Å²) in [6, 6.07) is 9.62. The molecule has 2 N–H and O–H groups in total. The molecule has 0 aliphatic heterocycles. The lowest BCUT2D eigenvalue weighted by Gasteiger charge is -2.13. The van der Waals surface area contributed by atoms with Crippen LogP contribution in [0, 0.1) is 26.6 Å². The van der Waals surface area contributed by atoms with Gasteiger partial charge in [0, 0.05) is 17.9 Å². The molecule has 168 valence electrons. The third-order valence-electron chi connectivity index (χ3n) is 4.83. The van der Waals surface area contributed by atoms with Gasteiger partial charge in [0.05, 0.1) is 12.2 Å². The van der Waals surface area contributed by atoms with Crippen LogP contribution >= 0.6 is 11.8 Å². The van der Waals surface area contributed by atoms with E-state index < -0.39 is 0 Å². The molecule has 3 aromatic rings. The van der Waals surface area contributed by atoms with Crippen LogP contribution in [0.25, 0.3) is 0 Å². The Morgan fingerprint density at radius 2 is 1.66 bits per heavy atom. The Hall–Kier alpha value is -3.20. The van der Waals surface area contributed by atoms with Gasteiger partial charge in [0.15, 0.2) is 5.16 Å². The van der Waals surface area contributed by atoms with E-state index >= 15 is 0 Å². The van der Waals surface area contributed by atoms with Crippen LogP contribution in [-0.2, 0) is 22.6 Å². The third kappa shape index (κ3) is 5.94. The van der Waals surface area contributed by atoms with Crippen molar-refractivity contribution in [3.05, 3.63) is 64.7 Å². The number of carbonyl (C=O) groups excluding carboxylic acids is 2. The van der Waals surface area contributed by atoms with E-state index in [1.165, 1.54) is 36.0 Å². The van der Waals surface area contributed by atoms with Gasteiger partial charge in [-0.25, -0.2) is 4.39 Å². The number of nitrogens with zero attached hydrogens (tertiary/aromatic N) is 3. The number of halogens is 1. The fraction of sp³-hybridized carbons (Fsp3) is 0.304. The molecule has 0 saturated carbocycles. The SMILES string of the molecule is CCn1c(CC(=O)Nc2ccc(F)cc2)nnc1SCC(=O)Nc1c(C)cc(C)cc1C. The maximum absolute atomic E-state index is 13.0. The number of aromatic nitrogens is 3. The van der Waals surface area contributed by atoms with Crippen molar-refractivity contribution in [2.45, 2.75) is 45.8 Å². The van der Waals surface area contributed by atoms with Crippen molar-refractivity contribution in [2.24, 2.45) is 0 Å². The van der Waals surface area contributed by atoms with E-state index in [0.717, 1.165) is 22.4 Å². The summed E-state index contributed by atoms with van der Waals surface area (Å²) in [5, 5.41) is 14.5. The van der Waals surface area contributed by atoms with Crippen LogP contribution in [-0.4, -0.2) is 32.3 Å². The minimum Gasteiger partial charge on any atom is -0.326 e. The van der Waals surface area contributed by atoms with E-state index in [2.05, 4.69) is 20.8 Å². The van der Waals surface area contributed by atoms with Crippen molar-refractivity contribution in [3.8, 4) is 0 Å². The molecule has 9 heteroatoms. The Kier molecular flexibility index (Phi) is 7.63. The first-order valence-electron chi connectivity index (χ1n) is 10.2. The second-order valence-electron chi connectivity index (χ2n) is 7.49. The molecule has 7 nitrogen and oxygen atoms in total. The molecule has 2 amide bonds. The molecule has 0 fully saturated rings. The summed E-state index contributed by atoms with van der Waals surface area (Å²) in [7, 11) is 0. The topological polar surface area (TPSA) is 88.9 Å². The zero-order valence-electron chi connectivity index (χ0n) is 18.5. The highest BCUT2D eigenvalue weighted by atomic mass is 32.2. The maximum atomic E-state index is 13.0. The number of hydrogen-bond donors (Lipinski definition) is 2. The van der Waals surface area contributed by atoms with E-state index in [4.69, 9.17) is 0 Å². The Morgan fingerprint density at radius 3 is 2.28 bits per heavy atom. The maximum Gasteiger partial charge on any atom is 0.234 e.